The molecule has 1 unspecified atom stereocenters. The molecular formula is C26H20Si. The molecule has 0 N–H and O–H groups in total. The molecule has 2 aliphatic carbocycles. The van der Waals surface area contributed by atoms with E-state index in [0.29, 0.717) is 5.92 Å². The molecular weight excluding hydrogens is 340 g/mol. The fourth-order valence-corrected chi connectivity index (χ4v) is 6.67. The summed E-state index contributed by atoms with van der Waals surface area (Å²) in [7, 11) is -0.986. The van der Waals surface area contributed by atoms with E-state index in [1.165, 1.54) is 32.2 Å². The lowest BCUT2D eigenvalue weighted by Crippen LogP contribution is -2.39. The molecule has 128 valence electrons. The normalized spacial score (nSPS) is 17.1. The summed E-state index contributed by atoms with van der Waals surface area (Å²) in [6.45, 7) is 0. The quantitative estimate of drug-likeness (QED) is 0.609. The summed E-state index contributed by atoms with van der Waals surface area (Å²) in [5.41, 5.74) is 4.17. The van der Waals surface area contributed by atoms with Gasteiger partial charge >= 0.3 is 0 Å². The molecule has 0 radical (unpaired) electrons. The Kier molecular flexibility index (Phi) is 4.15. The zero-order chi connectivity index (χ0) is 18.1. The second-order valence-electron chi connectivity index (χ2n) is 7.01. The molecule has 2 aliphatic rings. The summed E-state index contributed by atoms with van der Waals surface area (Å²) in [6.07, 6.45) is 11.7. The Bertz CT molecular complexity index is 1060. The van der Waals surface area contributed by atoms with Gasteiger partial charge in [-0.25, -0.2) is 0 Å². The summed E-state index contributed by atoms with van der Waals surface area (Å²) < 4.78 is 0. The maximum absolute atomic E-state index is 2.44. The molecule has 0 bridgehead atoms. The van der Waals surface area contributed by atoms with Gasteiger partial charge in [0, 0.05) is 5.92 Å². The molecule has 0 aliphatic heterocycles. The molecule has 1 heteroatoms. The smallest absolute Gasteiger partial charge is 0.0720 e. The largest absolute Gasteiger partial charge is 0.0877 e. The standard InChI is InChI=1S/C26H20Si/c1-3-10-22(11-4-1)27(23-12-5-2-6-13-23)24-17-15-21(19-24)26-18-16-20-9-7-8-14-25(20)26/h1-19,26H. The van der Waals surface area contributed by atoms with Gasteiger partial charge in [-0.1, -0.05) is 115 Å². The summed E-state index contributed by atoms with van der Waals surface area (Å²) in [4.78, 5) is 0. The van der Waals surface area contributed by atoms with E-state index >= 15 is 0 Å². The van der Waals surface area contributed by atoms with Crippen LogP contribution in [0.3, 0.4) is 0 Å². The average molecular weight is 361 g/mol. The molecule has 0 nitrogen and oxygen atoms in total. The molecule has 0 heterocycles. The maximum Gasteiger partial charge on any atom is 0.0877 e. The predicted molar refractivity (Wildman–Crippen MR) is 118 cm³/mol. The first-order chi connectivity index (χ1) is 13.4. The summed E-state index contributed by atoms with van der Waals surface area (Å²) >= 11 is 0. The number of allylic oxidation sites excluding steroid dienone is 5. The Morgan fingerprint density at radius 2 is 1.22 bits per heavy atom. The van der Waals surface area contributed by atoms with Crippen LogP contribution in [-0.4, -0.2) is 13.6 Å². The summed E-state index contributed by atoms with van der Waals surface area (Å²) in [5.74, 6) is 0.379. The van der Waals surface area contributed by atoms with Crippen molar-refractivity contribution in [3.05, 3.63) is 126 Å². The average Bonchev–Trinajstić information content (AvgIpc) is 3.37. The number of benzene rings is 3. The van der Waals surface area contributed by atoms with E-state index < -0.39 is 8.41 Å². The first-order valence-corrected chi connectivity index (χ1v) is 10.9. The van der Waals surface area contributed by atoms with Gasteiger partial charge < -0.3 is 0 Å². The monoisotopic (exact) mass is 360 g/mol. The van der Waals surface area contributed by atoms with E-state index in [1.54, 1.807) is 0 Å². The van der Waals surface area contributed by atoms with Crippen LogP contribution in [-0.2, 0) is 0 Å². The van der Waals surface area contributed by atoms with Gasteiger partial charge in [-0.2, -0.15) is 0 Å². The third-order valence-corrected chi connectivity index (χ3v) is 8.06. The van der Waals surface area contributed by atoms with Gasteiger partial charge in [0.05, 0.1) is 8.41 Å². The Labute approximate surface area is 162 Å². The lowest BCUT2D eigenvalue weighted by atomic mass is 9.94. The van der Waals surface area contributed by atoms with Crippen LogP contribution < -0.4 is 10.4 Å². The third kappa shape index (κ3) is 3.00. The van der Waals surface area contributed by atoms with Gasteiger partial charge in [-0.15, -0.1) is 0 Å². The van der Waals surface area contributed by atoms with Crippen LogP contribution >= 0.6 is 0 Å². The molecule has 3 aromatic rings. The van der Waals surface area contributed by atoms with Crippen LogP contribution in [0.4, 0.5) is 0 Å². The van der Waals surface area contributed by atoms with Gasteiger partial charge in [-0.3, -0.25) is 0 Å². The molecule has 3 aromatic carbocycles. The minimum absolute atomic E-state index is 0.379. The fourth-order valence-electron chi connectivity index (χ4n) is 4.06. The van der Waals surface area contributed by atoms with E-state index in [1.807, 2.05) is 0 Å². The van der Waals surface area contributed by atoms with Gasteiger partial charge in [0.15, 0.2) is 0 Å². The number of hydrogen-bond donors (Lipinski definition) is 0. The van der Waals surface area contributed by atoms with Crippen molar-refractivity contribution >= 4 is 30.0 Å². The molecule has 0 spiro atoms. The molecule has 1 atom stereocenters. The summed E-state index contributed by atoms with van der Waals surface area (Å²) in [6, 6.07) is 30.7. The lowest BCUT2D eigenvalue weighted by molar-refractivity contribution is 1.06. The van der Waals surface area contributed by atoms with Crippen LogP contribution in [0.25, 0.3) is 6.08 Å². The molecule has 5 rings (SSSR count). The maximum atomic E-state index is 2.44. The Hall–Kier alpha value is -3.03. The minimum Gasteiger partial charge on any atom is -0.0720 e. The van der Waals surface area contributed by atoms with Crippen LogP contribution in [0.15, 0.2) is 115 Å². The highest BCUT2D eigenvalue weighted by atomic mass is 28.2. The number of rotatable bonds is 3. The number of hydrogen-bond acceptors (Lipinski definition) is 0. The van der Waals surface area contributed by atoms with E-state index in [-0.39, 0.29) is 0 Å². The fraction of sp³-hybridized carbons (Fsp3) is 0.0385. The van der Waals surface area contributed by atoms with Crippen molar-refractivity contribution in [2.45, 2.75) is 5.92 Å². The second kappa shape index (κ2) is 6.94. The first-order valence-electron chi connectivity index (χ1n) is 9.42. The van der Waals surface area contributed by atoms with Crippen LogP contribution in [0.1, 0.15) is 17.0 Å². The zero-order valence-corrected chi connectivity index (χ0v) is 16.0. The van der Waals surface area contributed by atoms with Crippen molar-refractivity contribution in [2.24, 2.45) is 0 Å². The van der Waals surface area contributed by atoms with Crippen molar-refractivity contribution in [1.29, 1.82) is 0 Å². The van der Waals surface area contributed by atoms with E-state index in [4.69, 9.17) is 0 Å². The van der Waals surface area contributed by atoms with Crippen molar-refractivity contribution in [1.82, 2.24) is 0 Å². The van der Waals surface area contributed by atoms with Gasteiger partial charge in [0.2, 0.25) is 0 Å². The summed E-state index contributed by atoms with van der Waals surface area (Å²) in [5, 5.41) is 4.34. The zero-order valence-electron chi connectivity index (χ0n) is 15.0. The molecule has 0 aromatic heterocycles. The van der Waals surface area contributed by atoms with E-state index in [2.05, 4.69) is 115 Å². The number of fused-ring (bicyclic) bond motifs is 1. The molecule has 0 saturated carbocycles. The van der Waals surface area contributed by atoms with Crippen LogP contribution in [0, 0.1) is 0 Å². The topological polar surface area (TPSA) is 0 Å². The van der Waals surface area contributed by atoms with Crippen molar-refractivity contribution in [3.63, 3.8) is 0 Å². The van der Waals surface area contributed by atoms with Crippen molar-refractivity contribution in [2.75, 3.05) is 0 Å². The van der Waals surface area contributed by atoms with E-state index in [0.717, 1.165) is 0 Å². The van der Waals surface area contributed by atoms with Crippen LogP contribution in [0.2, 0.25) is 0 Å². The third-order valence-electron chi connectivity index (χ3n) is 5.35. The van der Waals surface area contributed by atoms with E-state index in [9.17, 15) is 0 Å². The second-order valence-corrected chi connectivity index (χ2v) is 9.49. The predicted octanol–water partition coefficient (Wildman–Crippen LogP) is 4.36. The van der Waals surface area contributed by atoms with Gasteiger partial charge in [-0.05, 0) is 32.2 Å². The Morgan fingerprint density at radius 3 is 1.93 bits per heavy atom. The molecule has 0 saturated heterocycles. The molecule has 27 heavy (non-hydrogen) atoms. The molecule has 0 amide bonds. The van der Waals surface area contributed by atoms with Crippen molar-refractivity contribution < 1.29 is 0 Å². The Balaban J connectivity index is 1.62. The Morgan fingerprint density at radius 1 is 0.593 bits per heavy atom. The SMILES string of the molecule is C1=CC(=[Si](c2ccccc2)c2ccccc2)C=C1C1C=Cc2ccccc21. The lowest BCUT2D eigenvalue weighted by Gasteiger charge is -2.12. The van der Waals surface area contributed by atoms with Gasteiger partial charge in [0.1, 0.15) is 0 Å². The minimum atomic E-state index is -0.986. The highest BCUT2D eigenvalue weighted by Gasteiger charge is 2.22. The molecule has 0 fully saturated rings. The van der Waals surface area contributed by atoms with Crippen molar-refractivity contribution in [3.8, 4) is 0 Å². The van der Waals surface area contributed by atoms with Gasteiger partial charge in [0.25, 0.3) is 0 Å². The highest BCUT2D eigenvalue weighted by Crippen LogP contribution is 2.36. The highest BCUT2D eigenvalue weighted by molar-refractivity contribution is 6.94. The van der Waals surface area contributed by atoms with Crippen LogP contribution in [0.5, 0.6) is 0 Å². The first kappa shape index (κ1) is 16.2.